The summed E-state index contributed by atoms with van der Waals surface area (Å²) in [6.45, 7) is 6.96. The molecule has 0 radical (unpaired) electrons. The Hall–Kier alpha value is -4.64. The first kappa shape index (κ1) is 45.1. The van der Waals surface area contributed by atoms with Crippen LogP contribution in [0.15, 0.2) is 36.4 Å². The molecule has 2 aliphatic rings. The third kappa shape index (κ3) is 14.1. The molecule has 2 aromatic rings. The lowest BCUT2D eigenvalue weighted by atomic mass is 10.2. The summed E-state index contributed by atoms with van der Waals surface area (Å²) in [5, 5.41) is 8.11. The quantitative estimate of drug-likeness (QED) is 0.0716. The first-order valence-electron chi connectivity index (χ1n) is 19.6. The van der Waals surface area contributed by atoms with Crippen LogP contribution in [0, 0.1) is 0 Å². The van der Waals surface area contributed by atoms with E-state index >= 15 is 0 Å². The highest BCUT2D eigenvalue weighted by Gasteiger charge is 2.37. The largest absolute Gasteiger partial charge is 0.465 e. The van der Waals surface area contributed by atoms with Crippen molar-refractivity contribution >= 4 is 43.1 Å². The first-order valence-corrected chi connectivity index (χ1v) is 21.5. The number of amides is 3. The predicted octanol–water partition coefficient (Wildman–Crippen LogP) is 2.83. The number of anilines is 1. The van der Waals surface area contributed by atoms with E-state index in [0.29, 0.717) is 37.3 Å². The van der Waals surface area contributed by atoms with Crippen LogP contribution in [-0.4, -0.2) is 147 Å². The number of carbonyl (C=O) groups is 5. The molecule has 3 heterocycles. The minimum Gasteiger partial charge on any atom is -0.465 e. The molecule has 2 saturated heterocycles. The maximum atomic E-state index is 14.6. The standard InChI is InChI=1S/C38H57N8O10P/c1-5-8-22-56-38(51)45-18-16-44(17-19-45)37(50)31(27-57(52,39-24-33(47)54-20-6-2)40-25-34(48)55-21-7-3)42-36(49)30-23-32(46-15-14-29(26-46)53-4)43-35(41-30)28-12-10-9-11-13-28/h9-13,23,29,31H,5-8,14-22,24-27H2,1-4H3,(H,42,49)(H2,39,40,52)/t29-,31-/m0/s1. The lowest BCUT2D eigenvalue weighted by molar-refractivity contribution is -0.142. The van der Waals surface area contributed by atoms with Crippen molar-refractivity contribution in [3.63, 3.8) is 0 Å². The number of methoxy groups -OCH3 is 1. The van der Waals surface area contributed by atoms with E-state index in [0.717, 1.165) is 19.3 Å². The summed E-state index contributed by atoms with van der Waals surface area (Å²) < 4.78 is 35.8. The first-order chi connectivity index (χ1) is 27.5. The predicted molar refractivity (Wildman–Crippen MR) is 212 cm³/mol. The van der Waals surface area contributed by atoms with Gasteiger partial charge in [0, 0.05) is 58.0 Å². The minimum absolute atomic E-state index is 0.0225. The van der Waals surface area contributed by atoms with Gasteiger partial charge in [0.25, 0.3) is 5.91 Å². The molecule has 4 rings (SSSR count). The second kappa shape index (κ2) is 22.9. The number of benzene rings is 1. The lowest BCUT2D eigenvalue weighted by Crippen LogP contribution is -2.57. The summed E-state index contributed by atoms with van der Waals surface area (Å²) in [6.07, 6.45) is 2.44. The smallest absolute Gasteiger partial charge is 0.409 e. The fourth-order valence-electron chi connectivity index (χ4n) is 6.06. The van der Waals surface area contributed by atoms with Crippen LogP contribution in [0.3, 0.4) is 0 Å². The van der Waals surface area contributed by atoms with Gasteiger partial charge in [0.15, 0.2) is 5.82 Å². The number of rotatable bonds is 21. The molecule has 57 heavy (non-hydrogen) atoms. The molecule has 0 bridgehead atoms. The highest BCUT2D eigenvalue weighted by molar-refractivity contribution is 7.60. The Balaban J connectivity index is 1.65. The topological polar surface area (TPSA) is 211 Å². The monoisotopic (exact) mass is 816 g/mol. The van der Waals surface area contributed by atoms with E-state index in [4.69, 9.17) is 23.9 Å². The number of carbonyl (C=O) groups excluding carboxylic acids is 5. The van der Waals surface area contributed by atoms with Crippen LogP contribution in [-0.2, 0) is 37.9 Å². The van der Waals surface area contributed by atoms with E-state index in [1.807, 2.05) is 56.0 Å². The Morgan fingerprint density at radius 2 is 1.46 bits per heavy atom. The van der Waals surface area contributed by atoms with Gasteiger partial charge >= 0.3 is 18.0 Å². The molecule has 3 N–H and O–H groups in total. The number of aromatic nitrogens is 2. The van der Waals surface area contributed by atoms with Crippen molar-refractivity contribution in [3.05, 3.63) is 42.1 Å². The van der Waals surface area contributed by atoms with Crippen molar-refractivity contribution < 1.29 is 47.5 Å². The molecule has 19 heteroatoms. The van der Waals surface area contributed by atoms with Crippen molar-refractivity contribution in [2.75, 3.05) is 90.4 Å². The maximum absolute atomic E-state index is 14.6. The van der Waals surface area contributed by atoms with E-state index < -0.39 is 62.6 Å². The number of hydrogen-bond donors (Lipinski definition) is 3. The van der Waals surface area contributed by atoms with Crippen LogP contribution in [0.1, 0.15) is 63.4 Å². The summed E-state index contributed by atoms with van der Waals surface area (Å²) in [7, 11) is -2.40. The molecular weight excluding hydrogens is 759 g/mol. The Morgan fingerprint density at radius 3 is 2.04 bits per heavy atom. The fourth-order valence-corrected chi connectivity index (χ4v) is 7.96. The summed E-state index contributed by atoms with van der Waals surface area (Å²) in [5.41, 5.74) is 0.622. The molecule has 3 amide bonds. The normalized spacial score (nSPS) is 16.2. The van der Waals surface area contributed by atoms with Gasteiger partial charge < -0.3 is 39.0 Å². The molecule has 0 aliphatic carbocycles. The summed E-state index contributed by atoms with van der Waals surface area (Å²) in [4.78, 5) is 80.6. The summed E-state index contributed by atoms with van der Waals surface area (Å²) in [5.74, 6) is -1.95. The number of unbranched alkanes of at least 4 members (excludes halogenated alkanes) is 1. The van der Waals surface area contributed by atoms with E-state index in [1.165, 1.54) is 15.9 Å². The van der Waals surface area contributed by atoms with Crippen LogP contribution >= 0.6 is 7.44 Å². The van der Waals surface area contributed by atoms with Gasteiger partial charge in [0.1, 0.15) is 30.6 Å². The molecular formula is C38H57N8O10P. The van der Waals surface area contributed by atoms with Crippen molar-refractivity contribution in [2.24, 2.45) is 0 Å². The molecule has 2 fully saturated rings. The second-order valence-electron chi connectivity index (χ2n) is 13.7. The van der Waals surface area contributed by atoms with Crippen LogP contribution in [0.5, 0.6) is 0 Å². The number of esters is 2. The highest BCUT2D eigenvalue weighted by atomic mass is 31.2. The molecule has 1 aromatic heterocycles. The van der Waals surface area contributed by atoms with Gasteiger partial charge in [0.05, 0.1) is 32.1 Å². The molecule has 0 saturated carbocycles. The molecule has 0 spiro atoms. The number of nitrogens with one attached hydrogen (secondary N) is 3. The Bertz CT molecular complexity index is 1670. The van der Waals surface area contributed by atoms with Gasteiger partial charge in [0.2, 0.25) is 13.4 Å². The van der Waals surface area contributed by atoms with Crippen LogP contribution < -0.4 is 20.4 Å². The number of ether oxygens (including phenoxy) is 4. The zero-order valence-corrected chi connectivity index (χ0v) is 34.3. The van der Waals surface area contributed by atoms with Gasteiger partial charge in [-0.15, -0.1) is 0 Å². The molecule has 2 atom stereocenters. The maximum Gasteiger partial charge on any atom is 0.409 e. The van der Waals surface area contributed by atoms with Crippen LogP contribution in [0.2, 0.25) is 0 Å². The van der Waals surface area contributed by atoms with Gasteiger partial charge in [-0.3, -0.25) is 23.7 Å². The van der Waals surface area contributed by atoms with E-state index in [9.17, 15) is 28.5 Å². The minimum atomic E-state index is -4.04. The Labute approximate surface area is 334 Å². The highest BCUT2D eigenvalue weighted by Crippen LogP contribution is 2.37. The average Bonchev–Trinajstić information content (AvgIpc) is 3.73. The summed E-state index contributed by atoms with van der Waals surface area (Å²) in [6, 6.07) is 9.23. The molecule has 18 nitrogen and oxygen atoms in total. The van der Waals surface area contributed by atoms with Gasteiger partial charge in [-0.05, 0) is 25.7 Å². The molecule has 0 unspecified atom stereocenters. The number of nitrogens with zero attached hydrogens (tertiary/aromatic N) is 5. The lowest BCUT2D eigenvalue weighted by Gasteiger charge is -2.36. The van der Waals surface area contributed by atoms with Gasteiger partial charge in [-0.1, -0.05) is 57.5 Å². The molecule has 314 valence electrons. The van der Waals surface area contributed by atoms with Crippen molar-refractivity contribution in [2.45, 2.75) is 65.0 Å². The number of piperazine rings is 1. The number of hydrogen-bond acceptors (Lipinski definition) is 13. The SMILES string of the molecule is CCCCOC(=O)N1CCN(C(=O)[C@H](CP(=O)(NCC(=O)OCCC)NCC(=O)OCCC)NC(=O)c2cc(N3CC[C@H](OC)C3)nc(-c3ccccc3)n2)CC1. The van der Waals surface area contributed by atoms with Gasteiger partial charge in [-0.25, -0.2) is 24.9 Å². The summed E-state index contributed by atoms with van der Waals surface area (Å²) >= 11 is 0. The fraction of sp³-hybridized carbons (Fsp3) is 0.605. The second-order valence-corrected chi connectivity index (χ2v) is 16.2. The third-order valence-corrected chi connectivity index (χ3v) is 11.5. The Morgan fingerprint density at radius 1 is 0.825 bits per heavy atom. The average molecular weight is 817 g/mol. The van der Waals surface area contributed by atoms with Crippen molar-refractivity contribution in [1.29, 1.82) is 0 Å². The zero-order valence-electron chi connectivity index (χ0n) is 33.4. The van der Waals surface area contributed by atoms with Gasteiger partial charge in [-0.2, -0.15) is 0 Å². The van der Waals surface area contributed by atoms with E-state index in [2.05, 4.69) is 20.5 Å². The third-order valence-electron chi connectivity index (χ3n) is 9.29. The van der Waals surface area contributed by atoms with E-state index in [1.54, 1.807) is 7.11 Å². The van der Waals surface area contributed by atoms with E-state index in [-0.39, 0.29) is 63.6 Å². The molecule has 2 aliphatic heterocycles. The van der Waals surface area contributed by atoms with Crippen molar-refractivity contribution in [1.82, 2.24) is 35.3 Å². The van der Waals surface area contributed by atoms with Crippen LogP contribution in [0.25, 0.3) is 11.4 Å². The zero-order chi connectivity index (χ0) is 41.2. The van der Waals surface area contributed by atoms with Crippen LogP contribution in [0.4, 0.5) is 10.6 Å². The Kier molecular flexibility index (Phi) is 18.1. The van der Waals surface area contributed by atoms with Crippen molar-refractivity contribution in [3.8, 4) is 11.4 Å². The molecule has 1 aromatic carbocycles.